The largest absolute Gasteiger partial charge is 0.356 e. The van der Waals surface area contributed by atoms with Crippen LogP contribution in [0.4, 0.5) is 0 Å². The standard InChI is InChI=1S/C7H15NO.C2H6/c1-3-5-7(9)8-6-4-2;1-2/h3-6H2,1-2H3,(H,8,9);1-2H3. The van der Waals surface area contributed by atoms with Gasteiger partial charge in [0, 0.05) is 13.0 Å². The summed E-state index contributed by atoms with van der Waals surface area (Å²) in [4.78, 5) is 10.7. The van der Waals surface area contributed by atoms with Gasteiger partial charge < -0.3 is 5.32 Å². The van der Waals surface area contributed by atoms with Gasteiger partial charge in [-0.15, -0.1) is 0 Å². The van der Waals surface area contributed by atoms with Crippen molar-refractivity contribution in [1.29, 1.82) is 0 Å². The van der Waals surface area contributed by atoms with E-state index in [0.29, 0.717) is 6.42 Å². The zero-order valence-corrected chi connectivity index (χ0v) is 8.24. The van der Waals surface area contributed by atoms with Crippen LogP contribution in [0.25, 0.3) is 0 Å². The van der Waals surface area contributed by atoms with Crippen molar-refractivity contribution >= 4 is 5.91 Å². The van der Waals surface area contributed by atoms with Gasteiger partial charge in [-0.3, -0.25) is 4.79 Å². The summed E-state index contributed by atoms with van der Waals surface area (Å²) in [5.41, 5.74) is 0. The average Bonchev–Trinajstić information content (AvgIpc) is 2.05. The molecule has 1 N–H and O–H groups in total. The SMILES string of the molecule is CC.CCCNC(=O)CCC. The molecule has 0 aliphatic carbocycles. The monoisotopic (exact) mass is 159 g/mol. The van der Waals surface area contributed by atoms with E-state index in [0.717, 1.165) is 19.4 Å². The van der Waals surface area contributed by atoms with Crippen LogP contribution in [0.2, 0.25) is 0 Å². The van der Waals surface area contributed by atoms with E-state index in [1.807, 2.05) is 27.7 Å². The maximum Gasteiger partial charge on any atom is 0.219 e. The van der Waals surface area contributed by atoms with Gasteiger partial charge in [0.15, 0.2) is 0 Å². The Morgan fingerprint density at radius 1 is 1.18 bits per heavy atom. The van der Waals surface area contributed by atoms with Gasteiger partial charge in [-0.1, -0.05) is 27.7 Å². The van der Waals surface area contributed by atoms with Gasteiger partial charge in [0.25, 0.3) is 0 Å². The molecule has 0 spiro atoms. The lowest BCUT2D eigenvalue weighted by Gasteiger charge is -1.99. The molecule has 0 atom stereocenters. The predicted molar refractivity (Wildman–Crippen MR) is 49.6 cm³/mol. The summed E-state index contributed by atoms with van der Waals surface area (Å²) in [5, 5.41) is 2.79. The molecule has 0 unspecified atom stereocenters. The van der Waals surface area contributed by atoms with Crippen molar-refractivity contribution in [1.82, 2.24) is 5.32 Å². The van der Waals surface area contributed by atoms with Crippen LogP contribution in [0.5, 0.6) is 0 Å². The quantitative estimate of drug-likeness (QED) is 0.670. The highest BCUT2D eigenvalue weighted by Gasteiger charge is 1.94. The number of hydrogen-bond donors (Lipinski definition) is 1. The van der Waals surface area contributed by atoms with E-state index in [1.54, 1.807) is 0 Å². The van der Waals surface area contributed by atoms with E-state index in [2.05, 4.69) is 5.32 Å². The maximum absolute atomic E-state index is 10.7. The first-order chi connectivity index (χ1) is 5.31. The molecular weight excluding hydrogens is 138 g/mol. The van der Waals surface area contributed by atoms with Gasteiger partial charge >= 0.3 is 0 Å². The van der Waals surface area contributed by atoms with Crippen molar-refractivity contribution in [3.05, 3.63) is 0 Å². The third kappa shape index (κ3) is 12.6. The number of rotatable bonds is 4. The molecular formula is C9H21NO. The second-order valence-corrected chi connectivity index (χ2v) is 2.10. The first-order valence-corrected chi connectivity index (χ1v) is 4.58. The maximum atomic E-state index is 10.7. The molecule has 0 aromatic heterocycles. The van der Waals surface area contributed by atoms with Gasteiger partial charge in [-0.05, 0) is 12.8 Å². The van der Waals surface area contributed by atoms with Crippen LogP contribution in [-0.2, 0) is 4.79 Å². The van der Waals surface area contributed by atoms with Gasteiger partial charge in [0.05, 0.1) is 0 Å². The predicted octanol–water partition coefficient (Wildman–Crippen LogP) is 2.34. The molecule has 0 aromatic carbocycles. The molecule has 0 heterocycles. The molecule has 11 heavy (non-hydrogen) atoms. The summed E-state index contributed by atoms with van der Waals surface area (Å²) >= 11 is 0. The van der Waals surface area contributed by atoms with Crippen LogP contribution in [-0.4, -0.2) is 12.5 Å². The van der Waals surface area contributed by atoms with Crippen molar-refractivity contribution < 1.29 is 4.79 Å². The molecule has 1 amide bonds. The van der Waals surface area contributed by atoms with Crippen molar-refractivity contribution in [3.8, 4) is 0 Å². The first kappa shape index (κ1) is 13.1. The number of hydrogen-bond acceptors (Lipinski definition) is 1. The summed E-state index contributed by atoms with van der Waals surface area (Å²) in [6.07, 6.45) is 2.63. The lowest BCUT2D eigenvalue weighted by Crippen LogP contribution is -2.23. The molecule has 0 fully saturated rings. The topological polar surface area (TPSA) is 29.1 Å². The fourth-order valence-corrected chi connectivity index (χ4v) is 0.580. The van der Waals surface area contributed by atoms with Crippen LogP contribution in [0.3, 0.4) is 0 Å². The van der Waals surface area contributed by atoms with Crippen molar-refractivity contribution in [2.24, 2.45) is 0 Å². The minimum Gasteiger partial charge on any atom is -0.356 e. The van der Waals surface area contributed by atoms with E-state index < -0.39 is 0 Å². The Labute approximate surface area is 70.4 Å². The highest BCUT2D eigenvalue weighted by molar-refractivity contribution is 5.75. The molecule has 2 heteroatoms. The van der Waals surface area contributed by atoms with Crippen molar-refractivity contribution in [3.63, 3.8) is 0 Å². The Morgan fingerprint density at radius 2 is 1.73 bits per heavy atom. The van der Waals surface area contributed by atoms with E-state index in [9.17, 15) is 4.79 Å². The lowest BCUT2D eigenvalue weighted by atomic mass is 10.3. The summed E-state index contributed by atoms with van der Waals surface area (Å²) in [6.45, 7) is 8.87. The number of nitrogens with one attached hydrogen (secondary N) is 1. The Kier molecular flexibility index (Phi) is 14.5. The van der Waals surface area contributed by atoms with Crippen LogP contribution >= 0.6 is 0 Å². The Hall–Kier alpha value is -0.530. The highest BCUT2D eigenvalue weighted by Crippen LogP contribution is 1.84. The normalized spacial score (nSPS) is 8.00. The Morgan fingerprint density at radius 3 is 2.09 bits per heavy atom. The summed E-state index contributed by atoms with van der Waals surface area (Å²) in [7, 11) is 0. The zero-order valence-electron chi connectivity index (χ0n) is 8.24. The fraction of sp³-hybridized carbons (Fsp3) is 0.889. The summed E-state index contributed by atoms with van der Waals surface area (Å²) < 4.78 is 0. The Bertz CT molecular complexity index is 81.6. The van der Waals surface area contributed by atoms with E-state index in [-0.39, 0.29) is 5.91 Å². The minimum atomic E-state index is 0.180. The average molecular weight is 159 g/mol. The van der Waals surface area contributed by atoms with Gasteiger partial charge in [-0.2, -0.15) is 0 Å². The van der Waals surface area contributed by atoms with Crippen LogP contribution in [0.15, 0.2) is 0 Å². The third-order valence-electron chi connectivity index (χ3n) is 1.05. The van der Waals surface area contributed by atoms with Gasteiger partial charge in [0.1, 0.15) is 0 Å². The molecule has 0 saturated carbocycles. The molecule has 0 bridgehead atoms. The molecule has 0 aliphatic rings. The molecule has 68 valence electrons. The highest BCUT2D eigenvalue weighted by atomic mass is 16.1. The molecule has 0 saturated heterocycles. The molecule has 0 rings (SSSR count). The van der Waals surface area contributed by atoms with Gasteiger partial charge in [0.2, 0.25) is 5.91 Å². The van der Waals surface area contributed by atoms with Gasteiger partial charge in [-0.25, -0.2) is 0 Å². The second-order valence-electron chi connectivity index (χ2n) is 2.10. The summed E-state index contributed by atoms with van der Waals surface area (Å²) in [5.74, 6) is 0.180. The van der Waals surface area contributed by atoms with Crippen molar-refractivity contribution in [2.45, 2.75) is 47.0 Å². The number of carbonyl (C=O) groups excluding carboxylic acids is 1. The zero-order chi connectivity index (χ0) is 9.11. The molecule has 2 nitrogen and oxygen atoms in total. The Balaban J connectivity index is 0. The van der Waals surface area contributed by atoms with E-state index in [4.69, 9.17) is 0 Å². The molecule has 0 aliphatic heterocycles. The van der Waals surface area contributed by atoms with Crippen LogP contribution < -0.4 is 5.32 Å². The van der Waals surface area contributed by atoms with E-state index in [1.165, 1.54) is 0 Å². The van der Waals surface area contributed by atoms with Crippen molar-refractivity contribution in [2.75, 3.05) is 6.54 Å². The lowest BCUT2D eigenvalue weighted by molar-refractivity contribution is -0.121. The number of carbonyl (C=O) groups is 1. The fourth-order valence-electron chi connectivity index (χ4n) is 0.580. The van der Waals surface area contributed by atoms with Crippen LogP contribution in [0.1, 0.15) is 47.0 Å². The smallest absolute Gasteiger partial charge is 0.219 e. The minimum absolute atomic E-state index is 0.180. The summed E-state index contributed by atoms with van der Waals surface area (Å²) in [6, 6.07) is 0. The molecule has 0 aromatic rings. The van der Waals surface area contributed by atoms with Crippen LogP contribution in [0, 0.1) is 0 Å². The third-order valence-corrected chi connectivity index (χ3v) is 1.05. The molecule has 0 radical (unpaired) electrons. The second kappa shape index (κ2) is 12.2. The van der Waals surface area contributed by atoms with E-state index >= 15 is 0 Å². The number of amides is 1. The first-order valence-electron chi connectivity index (χ1n) is 4.58.